The highest BCUT2D eigenvalue weighted by Gasteiger charge is 2.21. The van der Waals surface area contributed by atoms with E-state index in [1.807, 2.05) is 0 Å². The van der Waals surface area contributed by atoms with E-state index in [2.05, 4.69) is 31.5 Å². The van der Waals surface area contributed by atoms with Crippen LogP contribution in [0.15, 0.2) is 16.6 Å². The van der Waals surface area contributed by atoms with Crippen LogP contribution >= 0.6 is 15.9 Å². The molecule has 1 fully saturated rings. The average Bonchev–Trinajstić information content (AvgIpc) is 3.05. The summed E-state index contributed by atoms with van der Waals surface area (Å²) in [5.41, 5.74) is 2.26. The van der Waals surface area contributed by atoms with E-state index in [1.54, 1.807) is 12.1 Å². The molecule has 0 atom stereocenters. The summed E-state index contributed by atoms with van der Waals surface area (Å²) >= 11 is 3.41. The predicted octanol–water partition coefficient (Wildman–Crippen LogP) is 1.77. The molecule has 2 heterocycles. The molecule has 21 heavy (non-hydrogen) atoms. The maximum absolute atomic E-state index is 12.3. The van der Waals surface area contributed by atoms with Gasteiger partial charge >= 0.3 is 0 Å². The highest BCUT2D eigenvalue weighted by molar-refractivity contribution is 9.10. The largest absolute Gasteiger partial charge is 0.351 e. The molecule has 0 aliphatic carbocycles. The highest BCUT2D eigenvalue weighted by atomic mass is 79.9. The standard InChI is InChI=1S/C15H18BrN3O2/c16-12-9-13-10(8-14(20)18-13)7-11(12)15(21)17-3-6-19-4-1-2-5-19/h7,9H,1-6,8H2,(H,17,21)(H,18,20). The van der Waals surface area contributed by atoms with Gasteiger partial charge in [0, 0.05) is 23.2 Å². The maximum atomic E-state index is 12.3. The van der Waals surface area contributed by atoms with E-state index in [1.165, 1.54) is 12.8 Å². The van der Waals surface area contributed by atoms with Crippen LogP contribution < -0.4 is 10.6 Å². The molecule has 0 radical (unpaired) electrons. The summed E-state index contributed by atoms with van der Waals surface area (Å²) in [6, 6.07) is 3.60. The van der Waals surface area contributed by atoms with E-state index in [4.69, 9.17) is 0 Å². The zero-order valence-electron chi connectivity index (χ0n) is 11.7. The van der Waals surface area contributed by atoms with Gasteiger partial charge in [-0.25, -0.2) is 0 Å². The van der Waals surface area contributed by atoms with Crippen molar-refractivity contribution in [3.63, 3.8) is 0 Å². The van der Waals surface area contributed by atoms with Gasteiger partial charge in [0.05, 0.1) is 12.0 Å². The quantitative estimate of drug-likeness (QED) is 0.868. The number of hydrogen-bond acceptors (Lipinski definition) is 3. The highest BCUT2D eigenvalue weighted by Crippen LogP contribution is 2.29. The van der Waals surface area contributed by atoms with E-state index in [0.29, 0.717) is 23.0 Å². The zero-order chi connectivity index (χ0) is 14.8. The third-order valence-electron chi connectivity index (χ3n) is 3.97. The van der Waals surface area contributed by atoms with Gasteiger partial charge in [-0.15, -0.1) is 0 Å². The Morgan fingerprint density at radius 1 is 1.33 bits per heavy atom. The number of benzene rings is 1. The first-order chi connectivity index (χ1) is 10.1. The van der Waals surface area contributed by atoms with Crippen molar-refractivity contribution in [3.05, 3.63) is 27.7 Å². The Bertz CT molecular complexity index is 583. The van der Waals surface area contributed by atoms with Crippen molar-refractivity contribution >= 4 is 33.4 Å². The number of fused-ring (bicyclic) bond motifs is 1. The lowest BCUT2D eigenvalue weighted by Crippen LogP contribution is -2.33. The molecule has 2 N–H and O–H groups in total. The Morgan fingerprint density at radius 2 is 2.10 bits per heavy atom. The topological polar surface area (TPSA) is 61.4 Å². The van der Waals surface area contributed by atoms with E-state index < -0.39 is 0 Å². The lowest BCUT2D eigenvalue weighted by Gasteiger charge is -2.15. The molecule has 0 bridgehead atoms. The lowest BCUT2D eigenvalue weighted by atomic mass is 10.1. The van der Waals surface area contributed by atoms with Crippen LogP contribution in [0.3, 0.4) is 0 Å². The van der Waals surface area contributed by atoms with Gasteiger partial charge in [-0.3, -0.25) is 9.59 Å². The second kappa shape index (κ2) is 6.15. The van der Waals surface area contributed by atoms with Gasteiger partial charge in [-0.1, -0.05) is 0 Å². The van der Waals surface area contributed by atoms with Gasteiger partial charge in [-0.2, -0.15) is 0 Å². The molecule has 0 unspecified atom stereocenters. The number of amides is 2. The number of anilines is 1. The van der Waals surface area contributed by atoms with Crippen LogP contribution in [0.5, 0.6) is 0 Å². The minimum atomic E-state index is -0.0942. The predicted molar refractivity (Wildman–Crippen MR) is 84.5 cm³/mol. The molecule has 3 rings (SSSR count). The molecule has 1 aromatic rings. The van der Waals surface area contributed by atoms with Crippen molar-refractivity contribution in [3.8, 4) is 0 Å². The molecule has 112 valence electrons. The Morgan fingerprint density at radius 3 is 2.86 bits per heavy atom. The number of halogens is 1. The van der Waals surface area contributed by atoms with Gasteiger partial charge < -0.3 is 15.5 Å². The van der Waals surface area contributed by atoms with Crippen LogP contribution in [0.2, 0.25) is 0 Å². The van der Waals surface area contributed by atoms with Crippen LogP contribution in [0.25, 0.3) is 0 Å². The Kier molecular flexibility index (Phi) is 4.26. The van der Waals surface area contributed by atoms with Crippen LogP contribution in [0.4, 0.5) is 5.69 Å². The van der Waals surface area contributed by atoms with Gasteiger partial charge in [-0.05, 0) is 59.6 Å². The van der Waals surface area contributed by atoms with Gasteiger partial charge in [0.1, 0.15) is 0 Å². The minimum absolute atomic E-state index is 0.0245. The summed E-state index contributed by atoms with van der Waals surface area (Å²) in [5.74, 6) is -0.119. The monoisotopic (exact) mass is 351 g/mol. The van der Waals surface area contributed by atoms with Crippen LogP contribution in [0, 0.1) is 0 Å². The SMILES string of the molecule is O=C1Cc2cc(C(=O)NCCN3CCCC3)c(Br)cc2N1. The second-order valence-corrected chi connectivity index (χ2v) is 6.37. The number of hydrogen-bond donors (Lipinski definition) is 2. The number of carbonyl (C=O) groups is 2. The van der Waals surface area contributed by atoms with E-state index >= 15 is 0 Å². The third kappa shape index (κ3) is 3.27. The Balaban J connectivity index is 1.62. The van der Waals surface area contributed by atoms with Gasteiger partial charge in [0.25, 0.3) is 5.91 Å². The average molecular weight is 352 g/mol. The maximum Gasteiger partial charge on any atom is 0.252 e. The third-order valence-corrected chi connectivity index (χ3v) is 4.63. The first-order valence-corrected chi connectivity index (χ1v) is 8.05. The van der Waals surface area contributed by atoms with Crippen molar-refractivity contribution in [2.24, 2.45) is 0 Å². The summed E-state index contributed by atoms with van der Waals surface area (Å²) in [6.07, 6.45) is 2.85. The molecular formula is C15H18BrN3O2. The van der Waals surface area contributed by atoms with Crippen LogP contribution in [-0.2, 0) is 11.2 Å². The fourth-order valence-corrected chi connectivity index (χ4v) is 3.37. The summed E-state index contributed by atoms with van der Waals surface area (Å²) in [7, 11) is 0. The summed E-state index contributed by atoms with van der Waals surface area (Å²) < 4.78 is 0.710. The molecule has 1 saturated heterocycles. The molecule has 2 amide bonds. The smallest absolute Gasteiger partial charge is 0.252 e. The molecule has 6 heteroatoms. The van der Waals surface area contributed by atoms with Gasteiger partial charge in [0.15, 0.2) is 0 Å². The van der Waals surface area contributed by atoms with Crippen molar-refractivity contribution in [1.82, 2.24) is 10.2 Å². The summed E-state index contributed by atoms with van der Waals surface area (Å²) in [4.78, 5) is 26.0. The Hall–Kier alpha value is -1.40. The molecule has 2 aliphatic heterocycles. The molecular weight excluding hydrogens is 334 g/mol. The molecule has 0 spiro atoms. The summed E-state index contributed by atoms with van der Waals surface area (Å²) in [5, 5.41) is 5.73. The van der Waals surface area contributed by atoms with Crippen molar-refractivity contribution in [1.29, 1.82) is 0 Å². The first-order valence-electron chi connectivity index (χ1n) is 7.26. The number of likely N-dealkylation sites (tertiary alicyclic amines) is 1. The number of nitrogens with one attached hydrogen (secondary N) is 2. The molecule has 2 aliphatic rings. The summed E-state index contributed by atoms with van der Waals surface area (Å²) in [6.45, 7) is 3.81. The van der Waals surface area contributed by atoms with E-state index in [9.17, 15) is 9.59 Å². The molecule has 1 aromatic carbocycles. The first kappa shape index (κ1) is 14.5. The molecule has 0 saturated carbocycles. The van der Waals surface area contributed by atoms with Gasteiger partial charge in [0.2, 0.25) is 5.91 Å². The Labute approximate surface area is 132 Å². The fraction of sp³-hybridized carbons (Fsp3) is 0.467. The van der Waals surface area contributed by atoms with Crippen molar-refractivity contribution in [2.75, 3.05) is 31.5 Å². The molecule has 0 aromatic heterocycles. The number of rotatable bonds is 4. The van der Waals surface area contributed by atoms with Crippen molar-refractivity contribution < 1.29 is 9.59 Å². The fourth-order valence-electron chi connectivity index (χ4n) is 2.85. The zero-order valence-corrected chi connectivity index (χ0v) is 13.3. The van der Waals surface area contributed by atoms with Crippen molar-refractivity contribution in [2.45, 2.75) is 19.3 Å². The van der Waals surface area contributed by atoms with E-state index in [0.717, 1.165) is 30.9 Å². The van der Waals surface area contributed by atoms with Crippen LogP contribution in [0.1, 0.15) is 28.8 Å². The molecule has 5 nitrogen and oxygen atoms in total. The number of carbonyl (C=O) groups excluding carboxylic acids is 2. The second-order valence-electron chi connectivity index (χ2n) is 5.52. The number of nitrogens with zero attached hydrogens (tertiary/aromatic N) is 1. The minimum Gasteiger partial charge on any atom is -0.351 e. The lowest BCUT2D eigenvalue weighted by molar-refractivity contribution is -0.115. The van der Waals surface area contributed by atoms with E-state index in [-0.39, 0.29) is 11.8 Å². The normalized spacial score (nSPS) is 17.7. The van der Waals surface area contributed by atoms with Crippen LogP contribution in [-0.4, -0.2) is 42.9 Å².